The number of carbonyl (C=O) groups excluding carboxylic acids is 2. The number of nitrogens with zero attached hydrogens (tertiary/aromatic N) is 1. The standard InChI is InChI=1S/C26H31Cl3N2O3/c1-4-23(26(33)30-20-7-5-6-8-20)31(14-18-9-10-19(27)13-22(18)28)24(32)15-34-21-11-16(2)25(29)17(3)12-21/h9-13,20,23H,4-8,14-15H2,1-3H3,(H,30,33). The third kappa shape index (κ3) is 6.80. The van der Waals surface area contributed by atoms with E-state index in [0.29, 0.717) is 32.8 Å². The summed E-state index contributed by atoms with van der Waals surface area (Å²) in [6.45, 7) is 5.64. The normalized spacial score (nSPS) is 14.6. The Balaban J connectivity index is 1.81. The molecule has 0 bridgehead atoms. The number of benzene rings is 2. The Bertz CT molecular complexity index is 1010. The zero-order chi connectivity index (χ0) is 24.8. The maximum Gasteiger partial charge on any atom is 0.261 e. The maximum atomic E-state index is 13.4. The molecule has 0 radical (unpaired) electrons. The van der Waals surface area contributed by atoms with Gasteiger partial charge in [-0.25, -0.2) is 0 Å². The van der Waals surface area contributed by atoms with Crippen molar-refractivity contribution in [2.45, 2.75) is 71.5 Å². The van der Waals surface area contributed by atoms with Gasteiger partial charge in [0.2, 0.25) is 5.91 Å². The molecule has 1 aliphatic carbocycles. The zero-order valence-electron chi connectivity index (χ0n) is 19.8. The van der Waals surface area contributed by atoms with Crippen LogP contribution in [0.15, 0.2) is 30.3 Å². The number of hydrogen-bond acceptors (Lipinski definition) is 3. The lowest BCUT2D eigenvalue weighted by atomic mass is 10.1. The minimum Gasteiger partial charge on any atom is -0.484 e. The molecule has 0 aromatic heterocycles. The zero-order valence-corrected chi connectivity index (χ0v) is 22.1. The molecule has 0 saturated heterocycles. The van der Waals surface area contributed by atoms with Crippen LogP contribution in [0.4, 0.5) is 0 Å². The first-order valence-corrected chi connectivity index (χ1v) is 12.8. The summed E-state index contributed by atoms with van der Waals surface area (Å²) in [5.41, 5.74) is 2.46. The van der Waals surface area contributed by atoms with E-state index in [4.69, 9.17) is 39.5 Å². The van der Waals surface area contributed by atoms with E-state index in [0.717, 1.165) is 36.8 Å². The molecular weight excluding hydrogens is 495 g/mol. The van der Waals surface area contributed by atoms with Crippen LogP contribution in [0.1, 0.15) is 55.7 Å². The summed E-state index contributed by atoms with van der Waals surface area (Å²) in [6.07, 6.45) is 4.63. The number of ether oxygens (including phenoxy) is 1. The Morgan fingerprint density at radius 3 is 2.32 bits per heavy atom. The predicted molar refractivity (Wildman–Crippen MR) is 138 cm³/mol. The summed E-state index contributed by atoms with van der Waals surface area (Å²) >= 11 is 18.7. The monoisotopic (exact) mass is 524 g/mol. The minimum atomic E-state index is -0.642. The summed E-state index contributed by atoms with van der Waals surface area (Å²) in [7, 11) is 0. The van der Waals surface area contributed by atoms with Gasteiger partial charge in [0.1, 0.15) is 11.8 Å². The first-order chi connectivity index (χ1) is 16.2. The van der Waals surface area contributed by atoms with Gasteiger partial charge in [-0.2, -0.15) is 0 Å². The van der Waals surface area contributed by atoms with Crippen molar-refractivity contribution < 1.29 is 14.3 Å². The van der Waals surface area contributed by atoms with Gasteiger partial charge in [0.15, 0.2) is 6.61 Å². The van der Waals surface area contributed by atoms with E-state index < -0.39 is 6.04 Å². The molecule has 0 heterocycles. The lowest BCUT2D eigenvalue weighted by Gasteiger charge is -2.31. The van der Waals surface area contributed by atoms with Crippen LogP contribution in [-0.4, -0.2) is 35.4 Å². The Labute approximate surface area is 216 Å². The molecule has 2 aromatic rings. The predicted octanol–water partition coefficient (Wildman–Crippen LogP) is 6.51. The SMILES string of the molecule is CCC(C(=O)NC1CCCC1)N(Cc1ccc(Cl)cc1Cl)C(=O)COc1cc(C)c(Cl)c(C)c1. The smallest absolute Gasteiger partial charge is 0.261 e. The van der Waals surface area contributed by atoms with Gasteiger partial charge in [-0.3, -0.25) is 9.59 Å². The van der Waals surface area contributed by atoms with Gasteiger partial charge in [-0.1, -0.05) is 60.6 Å². The second-order valence-electron chi connectivity index (χ2n) is 8.83. The van der Waals surface area contributed by atoms with Gasteiger partial charge >= 0.3 is 0 Å². The Hall–Kier alpha value is -1.95. The fraction of sp³-hybridized carbons (Fsp3) is 0.462. The first-order valence-electron chi connectivity index (χ1n) is 11.6. The quantitative estimate of drug-likeness (QED) is 0.406. The Morgan fingerprint density at radius 2 is 1.74 bits per heavy atom. The lowest BCUT2D eigenvalue weighted by molar-refractivity contribution is -0.143. The van der Waals surface area contributed by atoms with Crippen molar-refractivity contribution in [1.82, 2.24) is 10.2 Å². The van der Waals surface area contributed by atoms with Gasteiger partial charge in [0, 0.05) is 27.7 Å². The number of aryl methyl sites for hydroxylation is 2. The third-order valence-electron chi connectivity index (χ3n) is 6.22. The van der Waals surface area contributed by atoms with Crippen LogP contribution in [0.2, 0.25) is 15.1 Å². The number of amides is 2. The van der Waals surface area contributed by atoms with E-state index in [2.05, 4.69) is 5.32 Å². The Kier molecular flexibility index (Phi) is 9.52. The van der Waals surface area contributed by atoms with E-state index in [1.165, 1.54) is 0 Å². The van der Waals surface area contributed by atoms with Gasteiger partial charge in [0.05, 0.1) is 0 Å². The topological polar surface area (TPSA) is 58.6 Å². The number of rotatable bonds is 9. The molecule has 8 heteroatoms. The van der Waals surface area contributed by atoms with Gasteiger partial charge in [-0.15, -0.1) is 0 Å². The summed E-state index contributed by atoms with van der Waals surface area (Å²) in [6, 6.07) is 8.25. The van der Waals surface area contributed by atoms with Gasteiger partial charge in [0.25, 0.3) is 5.91 Å². The second kappa shape index (κ2) is 12.1. The molecule has 2 aromatic carbocycles. The third-order valence-corrected chi connectivity index (χ3v) is 7.40. The van der Waals surface area contributed by atoms with Crippen LogP contribution < -0.4 is 10.1 Å². The number of carbonyl (C=O) groups is 2. The summed E-state index contributed by atoms with van der Waals surface area (Å²) in [5, 5.41) is 4.76. The van der Waals surface area contributed by atoms with E-state index in [-0.39, 0.29) is 31.0 Å². The average Bonchev–Trinajstić information content (AvgIpc) is 3.30. The summed E-state index contributed by atoms with van der Waals surface area (Å²) in [4.78, 5) is 28.1. The molecule has 0 spiro atoms. The van der Waals surface area contributed by atoms with Crippen molar-refractivity contribution in [3.63, 3.8) is 0 Å². The van der Waals surface area contributed by atoms with E-state index in [1.807, 2.05) is 20.8 Å². The van der Waals surface area contributed by atoms with Crippen LogP contribution in [0, 0.1) is 13.8 Å². The summed E-state index contributed by atoms with van der Waals surface area (Å²) in [5.74, 6) is 0.108. The van der Waals surface area contributed by atoms with E-state index >= 15 is 0 Å². The highest BCUT2D eigenvalue weighted by Gasteiger charge is 2.31. The van der Waals surface area contributed by atoms with Crippen molar-refractivity contribution in [3.05, 3.63) is 62.1 Å². The molecule has 1 saturated carbocycles. The molecule has 1 atom stereocenters. The van der Waals surface area contributed by atoms with Crippen molar-refractivity contribution in [2.75, 3.05) is 6.61 Å². The molecule has 5 nitrogen and oxygen atoms in total. The number of hydrogen-bond donors (Lipinski definition) is 1. The van der Waals surface area contributed by atoms with Crippen LogP contribution in [0.5, 0.6) is 5.75 Å². The molecule has 1 unspecified atom stereocenters. The average molecular weight is 526 g/mol. The lowest BCUT2D eigenvalue weighted by Crippen LogP contribution is -2.52. The minimum absolute atomic E-state index is 0.147. The van der Waals surface area contributed by atoms with Crippen LogP contribution in [-0.2, 0) is 16.1 Å². The van der Waals surface area contributed by atoms with Gasteiger partial charge in [-0.05, 0) is 74.1 Å². The number of nitrogens with one attached hydrogen (secondary N) is 1. The molecular formula is C26H31Cl3N2O3. The highest BCUT2D eigenvalue weighted by atomic mass is 35.5. The molecule has 1 fully saturated rings. The van der Waals surface area contributed by atoms with Crippen LogP contribution in [0.25, 0.3) is 0 Å². The molecule has 1 aliphatic rings. The van der Waals surface area contributed by atoms with Crippen LogP contribution in [0.3, 0.4) is 0 Å². The van der Waals surface area contributed by atoms with Crippen molar-refractivity contribution in [3.8, 4) is 5.75 Å². The fourth-order valence-corrected chi connectivity index (χ4v) is 4.92. The highest BCUT2D eigenvalue weighted by Crippen LogP contribution is 2.27. The van der Waals surface area contributed by atoms with E-state index in [1.54, 1.807) is 35.2 Å². The second-order valence-corrected chi connectivity index (χ2v) is 10.1. The van der Waals surface area contributed by atoms with Crippen molar-refractivity contribution in [2.24, 2.45) is 0 Å². The fourth-order valence-electron chi connectivity index (χ4n) is 4.34. The molecule has 2 amide bonds. The number of halogens is 3. The van der Waals surface area contributed by atoms with Crippen molar-refractivity contribution in [1.29, 1.82) is 0 Å². The molecule has 3 rings (SSSR count). The maximum absolute atomic E-state index is 13.4. The van der Waals surface area contributed by atoms with Crippen molar-refractivity contribution >= 4 is 46.6 Å². The highest BCUT2D eigenvalue weighted by molar-refractivity contribution is 6.35. The Morgan fingerprint density at radius 1 is 1.09 bits per heavy atom. The van der Waals surface area contributed by atoms with Crippen LogP contribution >= 0.6 is 34.8 Å². The summed E-state index contributed by atoms with van der Waals surface area (Å²) < 4.78 is 5.82. The first kappa shape index (κ1) is 26.7. The molecule has 0 aliphatic heterocycles. The molecule has 1 N–H and O–H groups in total. The molecule has 34 heavy (non-hydrogen) atoms. The van der Waals surface area contributed by atoms with E-state index in [9.17, 15) is 9.59 Å². The van der Waals surface area contributed by atoms with Gasteiger partial charge < -0.3 is 15.0 Å². The molecule has 184 valence electrons. The largest absolute Gasteiger partial charge is 0.484 e.